The summed E-state index contributed by atoms with van der Waals surface area (Å²) in [6.07, 6.45) is 4.84. The molecule has 1 aromatic rings. The third-order valence-electron chi connectivity index (χ3n) is 4.04. The number of aromatic nitrogens is 1. The topological polar surface area (TPSA) is 48.5 Å². The molecule has 5 heteroatoms. The van der Waals surface area contributed by atoms with Crippen molar-refractivity contribution in [3.05, 3.63) is 23.9 Å². The second kappa shape index (κ2) is 7.41. The number of nitrogens with zero attached hydrogens (tertiary/aromatic N) is 3. The molecular weight excluding hydrogens is 264 g/mol. The van der Waals surface area contributed by atoms with Crippen molar-refractivity contribution in [2.45, 2.75) is 32.2 Å². The molecule has 2 rings (SSSR count). The van der Waals surface area contributed by atoms with E-state index in [9.17, 15) is 4.79 Å². The van der Waals surface area contributed by atoms with Crippen molar-refractivity contribution in [1.29, 1.82) is 0 Å². The molecule has 1 aliphatic rings. The highest BCUT2D eigenvalue weighted by atomic mass is 16.2. The van der Waals surface area contributed by atoms with Crippen LogP contribution >= 0.6 is 0 Å². The van der Waals surface area contributed by atoms with Crippen LogP contribution in [-0.4, -0.2) is 60.5 Å². The highest BCUT2D eigenvalue weighted by Gasteiger charge is 2.24. The quantitative estimate of drug-likeness (QED) is 0.902. The fourth-order valence-corrected chi connectivity index (χ4v) is 2.68. The lowest BCUT2D eigenvalue weighted by Gasteiger charge is -2.35. The lowest BCUT2D eigenvalue weighted by atomic mass is 10.0. The number of hydrogen-bond donors (Lipinski definition) is 1. The van der Waals surface area contributed by atoms with Crippen molar-refractivity contribution in [3.63, 3.8) is 0 Å². The molecule has 1 saturated heterocycles. The number of carbonyl (C=O) groups excluding carboxylic acids is 1. The van der Waals surface area contributed by atoms with Gasteiger partial charge >= 0.3 is 0 Å². The molecule has 0 saturated carbocycles. The number of rotatable bonds is 5. The molecule has 2 heterocycles. The molecule has 0 spiro atoms. The Kier molecular flexibility index (Phi) is 5.56. The molecule has 1 aliphatic heterocycles. The van der Waals surface area contributed by atoms with Crippen LogP contribution in [0.25, 0.3) is 0 Å². The van der Waals surface area contributed by atoms with E-state index in [2.05, 4.69) is 36.2 Å². The number of pyridine rings is 1. The molecular formula is C16H26N4O. The Morgan fingerprint density at radius 1 is 1.43 bits per heavy atom. The lowest BCUT2D eigenvalue weighted by Crippen LogP contribution is -2.44. The van der Waals surface area contributed by atoms with Crippen LogP contribution in [0.1, 0.15) is 36.5 Å². The van der Waals surface area contributed by atoms with E-state index >= 15 is 0 Å². The maximum Gasteiger partial charge on any atom is 0.254 e. The van der Waals surface area contributed by atoms with E-state index in [1.54, 1.807) is 12.3 Å². The number of likely N-dealkylation sites (tertiary alicyclic amines) is 1. The van der Waals surface area contributed by atoms with E-state index in [-0.39, 0.29) is 5.91 Å². The van der Waals surface area contributed by atoms with Crippen molar-refractivity contribution in [2.75, 3.05) is 39.0 Å². The summed E-state index contributed by atoms with van der Waals surface area (Å²) in [4.78, 5) is 21.0. The van der Waals surface area contributed by atoms with Crippen molar-refractivity contribution in [3.8, 4) is 0 Å². The fraction of sp³-hybridized carbons (Fsp3) is 0.625. The van der Waals surface area contributed by atoms with Crippen LogP contribution in [0.15, 0.2) is 18.3 Å². The second-order valence-corrected chi connectivity index (χ2v) is 5.84. The first-order valence-electron chi connectivity index (χ1n) is 7.77. The van der Waals surface area contributed by atoms with Gasteiger partial charge in [-0.1, -0.05) is 6.92 Å². The molecule has 0 atom stereocenters. The lowest BCUT2D eigenvalue weighted by molar-refractivity contribution is 0.0663. The highest BCUT2D eigenvalue weighted by Crippen LogP contribution is 2.17. The van der Waals surface area contributed by atoms with Gasteiger partial charge in [-0.05, 0) is 45.5 Å². The summed E-state index contributed by atoms with van der Waals surface area (Å²) in [6.45, 7) is 4.65. The number of piperidine rings is 1. The first-order chi connectivity index (χ1) is 10.1. The standard InChI is InChI=1S/C16H26N4O/c1-4-8-17-15-12-13(5-9-18-15)16(21)20-10-6-14(7-11-20)19(2)3/h5,9,12,14H,4,6-8,10-11H2,1-3H3,(H,17,18). The number of amides is 1. The molecule has 0 bridgehead atoms. The van der Waals surface area contributed by atoms with Crippen LogP contribution in [0.2, 0.25) is 0 Å². The van der Waals surface area contributed by atoms with Crippen molar-refractivity contribution in [1.82, 2.24) is 14.8 Å². The molecule has 1 N–H and O–H groups in total. The van der Waals surface area contributed by atoms with Gasteiger partial charge in [0.25, 0.3) is 5.91 Å². The minimum Gasteiger partial charge on any atom is -0.370 e. The predicted octanol–water partition coefficient (Wildman–Crippen LogP) is 2.07. The van der Waals surface area contributed by atoms with Gasteiger partial charge in [-0.15, -0.1) is 0 Å². The molecule has 5 nitrogen and oxygen atoms in total. The van der Waals surface area contributed by atoms with Crippen LogP contribution in [0, 0.1) is 0 Å². The fourth-order valence-electron chi connectivity index (χ4n) is 2.68. The van der Waals surface area contributed by atoms with Crippen molar-refractivity contribution in [2.24, 2.45) is 0 Å². The SMILES string of the molecule is CCCNc1cc(C(=O)N2CCC(N(C)C)CC2)ccn1. The van der Waals surface area contributed by atoms with Crippen molar-refractivity contribution < 1.29 is 4.79 Å². The molecule has 1 fully saturated rings. The van der Waals surface area contributed by atoms with Gasteiger partial charge in [0.1, 0.15) is 5.82 Å². The summed E-state index contributed by atoms with van der Waals surface area (Å²) >= 11 is 0. The molecule has 116 valence electrons. The van der Waals surface area contributed by atoms with Gasteiger partial charge in [0, 0.05) is 37.4 Å². The summed E-state index contributed by atoms with van der Waals surface area (Å²) in [5.74, 6) is 0.903. The van der Waals surface area contributed by atoms with Crippen molar-refractivity contribution >= 4 is 11.7 Å². The molecule has 0 radical (unpaired) electrons. The van der Waals surface area contributed by atoms with Crippen LogP contribution < -0.4 is 5.32 Å². The minimum absolute atomic E-state index is 0.120. The van der Waals surface area contributed by atoms with E-state index in [4.69, 9.17) is 0 Å². The zero-order valence-electron chi connectivity index (χ0n) is 13.3. The van der Waals surface area contributed by atoms with E-state index in [0.29, 0.717) is 6.04 Å². The number of hydrogen-bond acceptors (Lipinski definition) is 4. The Labute approximate surface area is 127 Å². The van der Waals surface area contributed by atoms with Crippen LogP contribution in [0.5, 0.6) is 0 Å². The summed E-state index contributed by atoms with van der Waals surface area (Å²) in [7, 11) is 4.22. The maximum absolute atomic E-state index is 12.6. The summed E-state index contributed by atoms with van der Waals surface area (Å²) < 4.78 is 0. The van der Waals surface area contributed by atoms with Crippen LogP contribution in [0.3, 0.4) is 0 Å². The van der Waals surface area contributed by atoms with E-state index < -0.39 is 0 Å². The van der Waals surface area contributed by atoms with Gasteiger partial charge in [-0.2, -0.15) is 0 Å². The Balaban J connectivity index is 1.97. The maximum atomic E-state index is 12.6. The smallest absolute Gasteiger partial charge is 0.254 e. The Bertz CT molecular complexity index is 467. The third kappa shape index (κ3) is 4.17. The Morgan fingerprint density at radius 2 is 2.14 bits per heavy atom. The molecule has 0 unspecified atom stereocenters. The van der Waals surface area contributed by atoms with Gasteiger partial charge in [0.05, 0.1) is 0 Å². The molecule has 0 aromatic carbocycles. The second-order valence-electron chi connectivity index (χ2n) is 5.84. The van der Waals surface area contributed by atoms with Gasteiger partial charge in [0.2, 0.25) is 0 Å². The average molecular weight is 290 g/mol. The Hall–Kier alpha value is -1.62. The van der Waals surface area contributed by atoms with E-state index in [0.717, 1.165) is 50.3 Å². The average Bonchev–Trinajstić information content (AvgIpc) is 2.52. The number of carbonyl (C=O) groups is 1. The van der Waals surface area contributed by atoms with Gasteiger partial charge in [-0.3, -0.25) is 4.79 Å². The summed E-state index contributed by atoms with van der Waals surface area (Å²) in [5, 5.41) is 3.23. The van der Waals surface area contributed by atoms with Crippen LogP contribution in [-0.2, 0) is 0 Å². The van der Waals surface area contributed by atoms with E-state index in [1.807, 2.05) is 11.0 Å². The zero-order chi connectivity index (χ0) is 15.2. The van der Waals surface area contributed by atoms with Crippen LogP contribution in [0.4, 0.5) is 5.82 Å². The first kappa shape index (κ1) is 15.8. The predicted molar refractivity (Wildman–Crippen MR) is 85.6 cm³/mol. The summed E-state index contributed by atoms with van der Waals surface area (Å²) in [5.41, 5.74) is 0.729. The molecule has 1 amide bonds. The van der Waals surface area contributed by atoms with E-state index in [1.165, 1.54) is 0 Å². The number of nitrogens with one attached hydrogen (secondary N) is 1. The van der Waals surface area contributed by atoms with Gasteiger partial charge < -0.3 is 15.1 Å². The largest absolute Gasteiger partial charge is 0.370 e. The monoisotopic (exact) mass is 290 g/mol. The number of anilines is 1. The third-order valence-corrected chi connectivity index (χ3v) is 4.04. The first-order valence-corrected chi connectivity index (χ1v) is 7.77. The molecule has 1 aromatic heterocycles. The zero-order valence-corrected chi connectivity index (χ0v) is 13.3. The minimum atomic E-state index is 0.120. The van der Waals surface area contributed by atoms with Gasteiger partial charge in [-0.25, -0.2) is 4.98 Å². The molecule has 21 heavy (non-hydrogen) atoms. The summed E-state index contributed by atoms with van der Waals surface area (Å²) in [6, 6.07) is 4.25. The molecule has 0 aliphatic carbocycles. The normalized spacial score (nSPS) is 16.3. The van der Waals surface area contributed by atoms with Gasteiger partial charge in [0.15, 0.2) is 0 Å². The Morgan fingerprint density at radius 3 is 2.76 bits per heavy atom. The highest BCUT2D eigenvalue weighted by molar-refractivity contribution is 5.94.